The first-order valence-electron chi connectivity index (χ1n) is 7.86. The van der Waals surface area contributed by atoms with Crippen LogP contribution in [0.3, 0.4) is 0 Å². The molecule has 0 spiro atoms. The minimum absolute atomic E-state index is 0.0523. The number of sulfonamides is 1. The Bertz CT molecular complexity index is 899. The maximum absolute atomic E-state index is 12.9. The SMILES string of the molecule is Cc1cc(S(=O)(=O)N2C[C@@H](N)[C@H](c3ccccc3)C2)ccc1[N+](=O)[O-]. The van der Waals surface area contributed by atoms with E-state index < -0.39 is 14.9 Å². The predicted octanol–water partition coefficient (Wildman–Crippen LogP) is 2.02. The molecule has 2 aromatic rings. The van der Waals surface area contributed by atoms with Crippen molar-refractivity contribution >= 4 is 15.7 Å². The summed E-state index contributed by atoms with van der Waals surface area (Å²) in [6.45, 7) is 2.04. The smallest absolute Gasteiger partial charge is 0.272 e. The molecule has 0 amide bonds. The first-order valence-corrected chi connectivity index (χ1v) is 9.30. The molecule has 2 N–H and O–H groups in total. The van der Waals surface area contributed by atoms with Crippen LogP contribution in [0, 0.1) is 17.0 Å². The van der Waals surface area contributed by atoms with Crippen molar-refractivity contribution in [2.24, 2.45) is 5.73 Å². The highest BCUT2D eigenvalue weighted by Crippen LogP contribution is 2.31. The van der Waals surface area contributed by atoms with Gasteiger partial charge in [-0.2, -0.15) is 4.31 Å². The van der Waals surface area contributed by atoms with Crippen molar-refractivity contribution in [2.75, 3.05) is 13.1 Å². The molecule has 1 heterocycles. The average Bonchev–Trinajstić information content (AvgIpc) is 2.98. The lowest BCUT2D eigenvalue weighted by molar-refractivity contribution is -0.385. The molecule has 1 aliphatic heterocycles. The minimum atomic E-state index is -3.75. The fraction of sp³-hybridized carbons (Fsp3) is 0.294. The van der Waals surface area contributed by atoms with Crippen molar-refractivity contribution < 1.29 is 13.3 Å². The van der Waals surface area contributed by atoms with E-state index in [1.165, 1.54) is 29.4 Å². The van der Waals surface area contributed by atoms with Crippen LogP contribution >= 0.6 is 0 Å². The van der Waals surface area contributed by atoms with Gasteiger partial charge in [-0.3, -0.25) is 10.1 Å². The second kappa shape index (κ2) is 6.55. The molecule has 8 heteroatoms. The van der Waals surface area contributed by atoms with E-state index in [9.17, 15) is 18.5 Å². The third-order valence-corrected chi connectivity index (χ3v) is 6.39. The molecule has 2 atom stereocenters. The Morgan fingerprint density at radius 1 is 1.16 bits per heavy atom. The van der Waals surface area contributed by atoms with E-state index in [0.717, 1.165) is 5.56 Å². The Balaban J connectivity index is 1.89. The number of hydrogen-bond donors (Lipinski definition) is 1. The summed E-state index contributed by atoms with van der Waals surface area (Å²) in [6.07, 6.45) is 0. The zero-order valence-corrected chi connectivity index (χ0v) is 14.5. The summed E-state index contributed by atoms with van der Waals surface area (Å²) in [5, 5.41) is 10.9. The van der Waals surface area contributed by atoms with E-state index >= 15 is 0 Å². The van der Waals surface area contributed by atoms with Gasteiger partial charge >= 0.3 is 0 Å². The molecule has 1 aliphatic rings. The second-order valence-electron chi connectivity index (χ2n) is 6.21. The molecule has 0 aliphatic carbocycles. The topological polar surface area (TPSA) is 107 Å². The van der Waals surface area contributed by atoms with Gasteiger partial charge in [-0.05, 0) is 24.6 Å². The summed E-state index contributed by atoms with van der Waals surface area (Å²) in [5.41, 5.74) is 7.40. The average molecular weight is 361 g/mol. The summed E-state index contributed by atoms with van der Waals surface area (Å²) < 4.78 is 27.1. The summed E-state index contributed by atoms with van der Waals surface area (Å²) in [6, 6.07) is 13.1. The Hall–Kier alpha value is -2.29. The van der Waals surface area contributed by atoms with Gasteiger partial charge in [0.05, 0.1) is 9.82 Å². The molecular formula is C17H19N3O4S. The monoisotopic (exact) mass is 361 g/mol. The number of aryl methyl sites for hydroxylation is 1. The van der Waals surface area contributed by atoms with Crippen LogP contribution in [-0.4, -0.2) is 36.8 Å². The number of hydrogen-bond acceptors (Lipinski definition) is 5. The summed E-state index contributed by atoms with van der Waals surface area (Å²) >= 11 is 0. The van der Waals surface area contributed by atoms with Crippen molar-refractivity contribution in [1.82, 2.24) is 4.31 Å². The highest BCUT2D eigenvalue weighted by Gasteiger charge is 2.38. The Kier molecular flexibility index (Phi) is 4.59. The van der Waals surface area contributed by atoms with Crippen LogP contribution in [0.25, 0.3) is 0 Å². The van der Waals surface area contributed by atoms with Crippen LogP contribution < -0.4 is 5.73 Å². The van der Waals surface area contributed by atoms with Crippen LogP contribution in [-0.2, 0) is 10.0 Å². The first kappa shape index (κ1) is 17.5. The van der Waals surface area contributed by atoms with Gasteiger partial charge in [0.25, 0.3) is 5.69 Å². The molecule has 0 saturated carbocycles. The van der Waals surface area contributed by atoms with Crippen LogP contribution in [0.4, 0.5) is 5.69 Å². The van der Waals surface area contributed by atoms with Gasteiger partial charge < -0.3 is 5.73 Å². The molecule has 0 unspecified atom stereocenters. The summed E-state index contributed by atoms with van der Waals surface area (Å²) in [5.74, 6) is -0.0740. The van der Waals surface area contributed by atoms with E-state index in [-0.39, 0.29) is 29.1 Å². The van der Waals surface area contributed by atoms with Crippen molar-refractivity contribution in [3.8, 4) is 0 Å². The second-order valence-corrected chi connectivity index (χ2v) is 8.15. The summed E-state index contributed by atoms with van der Waals surface area (Å²) in [7, 11) is -3.75. The molecule has 0 radical (unpaired) electrons. The molecular weight excluding hydrogens is 342 g/mol. The van der Waals surface area contributed by atoms with E-state index in [2.05, 4.69) is 0 Å². The lowest BCUT2D eigenvalue weighted by Crippen LogP contribution is -2.32. The number of nitro groups is 1. The normalized spacial score (nSPS) is 21.4. The Morgan fingerprint density at radius 2 is 1.84 bits per heavy atom. The van der Waals surface area contributed by atoms with Crippen LogP contribution in [0.5, 0.6) is 0 Å². The number of rotatable bonds is 4. The quantitative estimate of drug-likeness (QED) is 0.662. The van der Waals surface area contributed by atoms with E-state index in [1.54, 1.807) is 0 Å². The molecule has 25 heavy (non-hydrogen) atoms. The number of nitrogens with zero attached hydrogens (tertiary/aromatic N) is 2. The van der Waals surface area contributed by atoms with E-state index in [1.807, 2.05) is 30.3 Å². The van der Waals surface area contributed by atoms with E-state index in [4.69, 9.17) is 5.73 Å². The highest BCUT2D eigenvalue weighted by molar-refractivity contribution is 7.89. The maximum atomic E-state index is 12.9. The Morgan fingerprint density at radius 3 is 2.44 bits per heavy atom. The molecule has 3 rings (SSSR count). The van der Waals surface area contributed by atoms with Gasteiger partial charge in [0, 0.05) is 36.7 Å². The van der Waals surface area contributed by atoms with Crippen LogP contribution in [0.2, 0.25) is 0 Å². The summed E-state index contributed by atoms with van der Waals surface area (Å²) in [4.78, 5) is 10.4. The lowest BCUT2D eigenvalue weighted by atomic mass is 9.95. The van der Waals surface area contributed by atoms with Gasteiger partial charge in [0.15, 0.2) is 0 Å². The predicted molar refractivity (Wildman–Crippen MR) is 93.8 cm³/mol. The lowest BCUT2D eigenvalue weighted by Gasteiger charge is -2.17. The van der Waals surface area contributed by atoms with Crippen LogP contribution in [0.1, 0.15) is 17.0 Å². The van der Waals surface area contributed by atoms with Crippen molar-refractivity contribution in [3.63, 3.8) is 0 Å². The highest BCUT2D eigenvalue weighted by atomic mass is 32.2. The molecule has 0 bridgehead atoms. The molecule has 7 nitrogen and oxygen atoms in total. The van der Waals surface area contributed by atoms with Gasteiger partial charge in [-0.15, -0.1) is 0 Å². The first-order chi connectivity index (χ1) is 11.8. The maximum Gasteiger partial charge on any atom is 0.272 e. The molecule has 1 fully saturated rings. The van der Waals surface area contributed by atoms with Gasteiger partial charge in [0.2, 0.25) is 10.0 Å². The molecule has 0 aromatic heterocycles. The molecule has 1 saturated heterocycles. The van der Waals surface area contributed by atoms with Crippen molar-refractivity contribution in [1.29, 1.82) is 0 Å². The number of nitrogens with two attached hydrogens (primary N) is 1. The van der Waals surface area contributed by atoms with Crippen molar-refractivity contribution in [2.45, 2.75) is 23.8 Å². The third-order valence-electron chi connectivity index (χ3n) is 4.56. The zero-order chi connectivity index (χ0) is 18.2. The Labute approximate surface area is 146 Å². The fourth-order valence-electron chi connectivity index (χ4n) is 3.18. The van der Waals surface area contributed by atoms with Crippen molar-refractivity contribution in [3.05, 3.63) is 69.8 Å². The number of nitro benzene ring substituents is 1. The van der Waals surface area contributed by atoms with Gasteiger partial charge in [-0.25, -0.2) is 8.42 Å². The fourth-order valence-corrected chi connectivity index (χ4v) is 4.77. The largest absolute Gasteiger partial charge is 0.326 e. The third kappa shape index (κ3) is 3.28. The van der Waals surface area contributed by atoms with Crippen LogP contribution in [0.15, 0.2) is 53.4 Å². The van der Waals surface area contributed by atoms with Gasteiger partial charge in [0.1, 0.15) is 0 Å². The minimum Gasteiger partial charge on any atom is -0.326 e. The van der Waals surface area contributed by atoms with E-state index in [0.29, 0.717) is 12.1 Å². The standard InChI is InChI=1S/C17H19N3O4S/c1-12-9-14(7-8-17(12)20(21)22)25(23,24)19-10-15(16(18)11-19)13-5-3-2-4-6-13/h2-9,15-16H,10-11,18H2,1H3/t15-,16+/m0/s1. The molecule has 2 aromatic carbocycles. The number of benzene rings is 2. The van der Waals surface area contributed by atoms with Gasteiger partial charge in [-0.1, -0.05) is 30.3 Å². The zero-order valence-electron chi connectivity index (χ0n) is 13.7. The molecule has 132 valence electrons.